The van der Waals surface area contributed by atoms with E-state index in [0.717, 1.165) is 28.2 Å². The summed E-state index contributed by atoms with van der Waals surface area (Å²) in [7, 11) is -2.31. The van der Waals surface area contributed by atoms with Crippen LogP contribution in [0.1, 0.15) is 24.3 Å². The first-order valence-electron chi connectivity index (χ1n) is 9.53. The third-order valence-electron chi connectivity index (χ3n) is 5.47. The van der Waals surface area contributed by atoms with E-state index in [1.807, 2.05) is 12.3 Å². The van der Waals surface area contributed by atoms with Crippen LogP contribution in [0.25, 0.3) is 11.0 Å². The number of hydrogen-bond donors (Lipinski definition) is 1. The van der Waals surface area contributed by atoms with Gasteiger partial charge in [-0.3, -0.25) is 9.78 Å². The summed E-state index contributed by atoms with van der Waals surface area (Å²) in [6.45, 7) is 1.04. The number of sulfonamides is 1. The molecule has 152 valence electrons. The minimum Gasteiger partial charge on any atom is -0.346 e. The van der Waals surface area contributed by atoms with Crippen LogP contribution < -0.4 is 0 Å². The molecule has 3 aromatic rings. The zero-order chi connectivity index (χ0) is 20.4. The summed E-state index contributed by atoms with van der Waals surface area (Å²) in [5.41, 5.74) is 2.11. The Kier molecular flexibility index (Phi) is 5.33. The molecule has 0 aromatic carbocycles. The van der Waals surface area contributed by atoms with Crippen molar-refractivity contribution in [3.05, 3.63) is 54.6 Å². The first-order valence-corrected chi connectivity index (χ1v) is 11.0. The smallest absolute Gasteiger partial charge is 0.244 e. The van der Waals surface area contributed by atoms with Crippen LogP contribution in [0.2, 0.25) is 0 Å². The van der Waals surface area contributed by atoms with E-state index >= 15 is 0 Å². The molecule has 1 fully saturated rings. The number of likely N-dealkylation sites (tertiary alicyclic amines) is 1. The number of carbonyl (C=O) groups is 1. The lowest BCUT2D eigenvalue weighted by Crippen LogP contribution is -2.44. The molecule has 1 aliphatic heterocycles. The maximum Gasteiger partial charge on any atom is 0.244 e. The highest BCUT2D eigenvalue weighted by atomic mass is 32.2. The van der Waals surface area contributed by atoms with E-state index in [0.29, 0.717) is 19.0 Å². The number of nitrogens with zero attached hydrogens (tertiary/aromatic N) is 4. The van der Waals surface area contributed by atoms with Crippen molar-refractivity contribution < 1.29 is 13.2 Å². The van der Waals surface area contributed by atoms with Gasteiger partial charge in [-0.2, -0.15) is 4.31 Å². The van der Waals surface area contributed by atoms with Gasteiger partial charge in [-0.1, -0.05) is 0 Å². The van der Waals surface area contributed by atoms with Crippen molar-refractivity contribution in [3.8, 4) is 0 Å². The van der Waals surface area contributed by atoms with Crippen LogP contribution >= 0.6 is 0 Å². The lowest BCUT2D eigenvalue weighted by Gasteiger charge is -2.33. The van der Waals surface area contributed by atoms with Gasteiger partial charge in [0, 0.05) is 50.3 Å². The normalized spacial score (nSPS) is 15.9. The zero-order valence-corrected chi connectivity index (χ0v) is 17.0. The van der Waals surface area contributed by atoms with E-state index < -0.39 is 10.0 Å². The van der Waals surface area contributed by atoms with Gasteiger partial charge in [0.25, 0.3) is 0 Å². The topological polar surface area (TPSA) is 99.3 Å². The van der Waals surface area contributed by atoms with Crippen LogP contribution in [0, 0.1) is 0 Å². The average Bonchev–Trinajstić information content (AvgIpc) is 3.18. The van der Waals surface area contributed by atoms with Gasteiger partial charge in [0.05, 0.1) is 6.54 Å². The van der Waals surface area contributed by atoms with Gasteiger partial charge >= 0.3 is 0 Å². The first-order chi connectivity index (χ1) is 14.0. The molecule has 1 aliphatic rings. The molecule has 1 amide bonds. The number of carbonyl (C=O) groups excluding carboxylic acids is 1. The summed E-state index contributed by atoms with van der Waals surface area (Å²) >= 11 is 0. The van der Waals surface area contributed by atoms with Crippen LogP contribution in [-0.2, 0) is 14.8 Å². The Hall–Kier alpha value is -2.78. The zero-order valence-electron chi connectivity index (χ0n) is 16.2. The summed E-state index contributed by atoms with van der Waals surface area (Å²) < 4.78 is 26.3. The van der Waals surface area contributed by atoms with Crippen LogP contribution in [0.5, 0.6) is 0 Å². The Bertz CT molecular complexity index is 1110. The Morgan fingerprint density at radius 1 is 1.24 bits per heavy atom. The second-order valence-corrected chi connectivity index (χ2v) is 9.29. The Balaban J connectivity index is 1.38. The van der Waals surface area contributed by atoms with Crippen molar-refractivity contribution in [2.75, 3.05) is 26.7 Å². The Morgan fingerprint density at radius 3 is 2.72 bits per heavy atom. The van der Waals surface area contributed by atoms with Crippen molar-refractivity contribution in [1.82, 2.24) is 24.2 Å². The largest absolute Gasteiger partial charge is 0.346 e. The predicted octanol–water partition coefficient (Wildman–Crippen LogP) is 1.98. The minimum absolute atomic E-state index is 0.0851. The summed E-state index contributed by atoms with van der Waals surface area (Å²) in [5, 5.41) is 1.12. The molecule has 29 heavy (non-hydrogen) atoms. The van der Waals surface area contributed by atoms with E-state index in [9.17, 15) is 13.2 Å². The molecule has 9 heteroatoms. The van der Waals surface area contributed by atoms with E-state index in [1.165, 1.54) is 31.1 Å². The standard InChI is InChI=1S/C20H23N5O3S/c1-24(29(27,28)16-4-2-8-21-12-16)14-19(26)25-10-6-15(7-11-25)18-13-23-20-17(18)5-3-9-22-20/h2-5,8-9,12-13,15H,6-7,10-11,14H2,1H3,(H,22,23). The summed E-state index contributed by atoms with van der Waals surface area (Å²) in [5.74, 6) is 0.174. The molecular weight excluding hydrogens is 390 g/mol. The maximum absolute atomic E-state index is 12.7. The van der Waals surface area contributed by atoms with Crippen molar-refractivity contribution in [2.24, 2.45) is 0 Å². The number of aromatic amines is 1. The number of likely N-dealkylation sites (N-methyl/N-ethyl adjacent to an activating group) is 1. The molecule has 1 saturated heterocycles. The van der Waals surface area contributed by atoms with Gasteiger partial charge in [-0.05, 0) is 48.6 Å². The maximum atomic E-state index is 12.7. The molecule has 1 N–H and O–H groups in total. The molecule has 0 saturated carbocycles. The van der Waals surface area contributed by atoms with Crippen LogP contribution in [-0.4, -0.2) is 65.2 Å². The van der Waals surface area contributed by atoms with Crippen molar-refractivity contribution in [1.29, 1.82) is 0 Å². The molecule has 0 aliphatic carbocycles. The summed E-state index contributed by atoms with van der Waals surface area (Å²) in [6, 6.07) is 7.03. The monoisotopic (exact) mass is 413 g/mol. The van der Waals surface area contributed by atoms with Gasteiger partial charge in [0.2, 0.25) is 15.9 Å². The van der Waals surface area contributed by atoms with Crippen LogP contribution in [0.4, 0.5) is 0 Å². The second kappa shape index (κ2) is 7.92. The fraction of sp³-hybridized carbons (Fsp3) is 0.350. The van der Waals surface area contributed by atoms with E-state index in [1.54, 1.807) is 17.2 Å². The highest BCUT2D eigenvalue weighted by Gasteiger charge is 2.29. The van der Waals surface area contributed by atoms with Gasteiger partial charge in [0.15, 0.2) is 0 Å². The van der Waals surface area contributed by atoms with Crippen molar-refractivity contribution in [2.45, 2.75) is 23.7 Å². The van der Waals surface area contributed by atoms with Crippen LogP contribution in [0.3, 0.4) is 0 Å². The number of fused-ring (bicyclic) bond motifs is 1. The number of aromatic nitrogens is 3. The highest BCUT2D eigenvalue weighted by molar-refractivity contribution is 7.89. The van der Waals surface area contributed by atoms with Crippen molar-refractivity contribution >= 4 is 27.0 Å². The van der Waals surface area contributed by atoms with Gasteiger partial charge in [-0.15, -0.1) is 0 Å². The third-order valence-corrected chi connectivity index (χ3v) is 7.26. The molecule has 0 bridgehead atoms. The fourth-order valence-corrected chi connectivity index (χ4v) is 4.89. The molecular formula is C20H23N5O3S. The Labute approximate surface area is 169 Å². The molecule has 0 radical (unpaired) electrons. The quantitative estimate of drug-likeness (QED) is 0.690. The number of amides is 1. The van der Waals surface area contributed by atoms with Crippen molar-refractivity contribution in [3.63, 3.8) is 0 Å². The molecule has 0 unspecified atom stereocenters. The van der Waals surface area contributed by atoms with Crippen LogP contribution in [0.15, 0.2) is 53.9 Å². The van der Waals surface area contributed by atoms with E-state index in [2.05, 4.69) is 21.0 Å². The number of piperidine rings is 1. The molecule has 3 aromatic heterocycles. The molecule has 8 nitrogen and oxygen atoms in total. The predicted molar refractivity (Wildman–Crippen MR) is 109 cm³/mol. The van der Waals surface area contributed by atoms with E-state index in [4.69, 9.17) is 0 Å². The van der Waals surface area contributed by atoms with Gasteiger partial charge in [-0.25, -0.2) is 13.4 Å². The second-order valence-electron chi connectivity index (χ2n) is 7.25. The molecule has 4 heterocycles. The minimum atomic E-state index is -3.73. The summed E-state index contributed by atoms with van der Waals surface area (Å²) in [6.07, 6.45) is 8.25. The molecule has 4 rings (SSSR count). The number of pyridine rings is 2. The summed E-state index contributed by atoms with van der Waals surface area (Å²) in [4.78, 5) is 25.9. The van der Waals surface area contributed by atoms with Gasteiger partial charge < -0.3 is 9.88 Å². The van der Waals surface area contributed by atoms with E-state index in [-0.39, 0.29) is 17.3 Å². The number of H-pyrrole nitrogens is 1. The molecule has 0 spiro atoms. The third kappa shape index (κ3) is 3.88. The number of rotatable bonds is 5. The fourth-order valence-electron chi connectivity index (χ4n) is 3.81. The molecule has 0 atom stereocenters. The first kappa shape index (κ1) is 19.5. The Morgan fingerprint density at radius 2 is 2.00 bits per heavy atom. The van der Waals surface area contributed by atoms with Gasteiger partial charge in [0.1, 0.15) is 10.5 Å². The SMILES string of the molecule is CN(CC(=O)N1CCC(c2c[nH]c3ncccc23)CC1)S(=O)(=O)c1cccnc1. The lowest BCUT2D eigenvalue weighted by atomic mass is 9.89. The number of nitrogens with one attached hydrogen (secondary N) is 1. The lowest BCUT2D eigenvalue weighted by molar-refractivity contribution is -0.132. The highest BCUT2D eigenvalue weighted by Crippen LogP contribution is 2.32. The number of hydrogen-bond acceptors (Lipinski definition) is 5. The average molecular weight is 414 g/mol.